The molecule has 0 spiro atoms. The van der Waals surface area contributed by atoms with E-state index in [1.807, 2.05) is 6.07 Å². The summed E-state index contributed by atoms with van der Waals surface area (Å²) in [4.78, 5) is 11.1. The average molecular weight is 200 g/mol. The number of hydrogen-bond donors (Lipinski definition) is 0. The molecule has 1 heterocycles. The van der Waals surface area contributed by atoms with Crippen LogP contribution in [0.5, 0.6) is 0 Å². The van der Waals surface area contributed by atoms with E-state index in [2.05, 4.69) is 15.9 Å². The van der Waals surface area contributed by atoms with E-state index in [1.54, 1.807) is 25.7 Å². The van der Waals surface area contributed by atoms with E-state index in [0.717, 1.165) is 9.94 Å². The predicted octanol–water partition coefficient (Wildman–Crippen LogP) is -0.594. The molecule has 0 aliphatic heterocycles. The lowest BCUT2D eigenvalue weighted by Crippen LogP contribution is -2.32. The molecule has 0 N–H and O–H groups in total. The number of pyridine rings is 1. The van der Waals surface area contributed by atoms with Crippen LogP contribution in [0.3, 0.4) is 0 Å². The molecule has 0 bridgehead atoms. The Labute approximate surface area is 68.4 Å². The maximum absolute atomic E-state index is 11.1. The van der Waals surface area contributed by atoms with Crippen molar-refractivity contribution >= 4 is 29.2 Å². The normalized spacial score (nSPS) is 9.80. The molecule has 1 aromatic heterocycles. The molecule has 0 aliphatic rings. The van der Waals surface area contributed by atoms with E-state index in [9.17, 15) is 4.79 Å². The molecule has 0 saturated heterocycles. The molecule has 0 radical (unpaired) electrons. The molecular weight excluding hydrogens is 193 g/mol. The van der Waals surface area contributed by atoms with Crippen molar-refractivity contribution in [1.82, 2.24) is 4.57 Å². The van der Waals surface area contributed by atoms with Gasteiger partial charge in [0.1, 0.15) is 7.85 Å². The summed E-state index contributed by atoms with van der Waals surface area (Å²) in [6.45, 7) is 0. The highest BCUT2D eigenvalue weighted by Gasteiger charge is 1.95. The van der Waals surface area contributed by atoms with E-state index in [0.29, 0.717) is 0 Å². The summed E-state index contributed by atoms with van der Waals surface area (Å²) in [6.07, 6.45) is 1.75. The van der Waals surface area contributed by atoms with Crippen LogP contribution in [0.15, 0.2) is 21.5 Å². The lowest BCUT2D eigenvalue weighted by Gasteiger charge is -1.98. The summed E-state index contributed by atoms with van der Waals surface area (Å²) >= 11 is 3.29. The topological polar surface area (TPSA) is 22.0 Å². The minimum absolute atomic E-state index is 0.0585. The first kappa shape index (κ1) is 7.60. The molecule has 0 unspecified atom stereocenters. The smallest absolute Gasteiger partial charge is 0.243 e. The zero-order valence-corrected chi connectivity index (χ0v) is 7.47. The number of halogens is 1. The van der Waals surface area contributed by atoms with E-state index < -0.39 is 0 Å². The summed E-state index contributed by atoms with van der Waals surface area (Å²) < 4.78 is 2.49. The van der Waals surface area contributed by atoms with Crippen LogP contribution < -0.4 is 11.0 Å². The maximum Gasteiger partial charge on any atom is 0.243 e. The van der Waals surface area contributed by atoms with Gasteiger partial charge in [-0.1, -0.05) is 0 Å². The standard InChI is InChI=1S/C6H7BBrNO/c1-9-3-4(8)2-5(7)6(9)10/h2-3H,7H2,1H3. The van der Waals surface area contributed by atoms with Crippen molar-refractivity contribution in [1.29, 1.82) is 0 Å². The fourth-order valence-corrected chi connectivity index (χ4v) is 1.48. The maximum atomic E-state index is 11.1. The number of aryl methyl sites for hydroxylation is 1. The summed E-state index contributed by atoms with van der Waals surface area (Å²) in [5.41, 5.74) is 0.820. The lowest BCUT2D eigenvalue weighted by atomic mass is 9.99. The molecule has 0 amide bonds. The van der Waals surface area contributed by atoms with Crippen LogP contribution in [0.4, 0.5) is 0 Å². The average Bonchev–Trinajstić information content (AvgIpc) is 1.82. The number of aromatic nitrogens is 1. The monoisotopic (exact) mass is 199 g/mol. The van der Waals surface area contributed by atoms with Crippen molar-refractivity contribution < 1.29 is 0 Å². The Balaban J connectivity index is 3.46. The molecule has 0 fully saturated rings. The third kappa shape index (κ3) is 1.32. The van der Waals surface area contributed by atoms with Gasteiger partial charge in [0.05, 0.1) is 0 Å². The van der Waals surface area contributed by atoms with Gasteiger partial charge >= 0.3 is 0 Å². The van der Waals surface area contributed by atoms with Crippen LogP contribution in [0, 0.1) is 0 Å². The summed E-state index contributed by atoms with van der Waals surface area (Å²) in [5.74, 6) is 0. The highest BCUT2D eigenvalue weighted by Crippen LogP contribution is 2.01. The Kier molecular flexibility index (Phi) is 1.99. The van der Waals surface area contributed by atoms with Crippen molar-refractivity contribution in [2.24, 2.45) is 7.05 Å². The molecule has 10 heavy (non-hydrogen) atoms. The van der Waals surface area contributed by atoms with Crippen LogP contribution in [0.1, 0.15) is 0 Å². The predicted molar refractivity (Wildman–Crippen MR) is 47.6 cm³/mol. The highest BCUT2D eigenvalue weighted by atomic mass is 79.9. The van der Waals surface area contributed by atoms with Crippen molar-refractivity contribution in [3.05, 3.63) is 27.1 Å². The molecule has 2 nitrogen and oxygen atoms in total. The zero-order chi connectivity index (χ0) is 7.72. The van der Waals surface area contributed by atoms with Gasteiger partial charge in [0.2, 0.25) is 5.56 Å². The van der Waals surface area contributed by atoms with E-state index in [4.69, 9.17) is 0 Å². The van der Waals surface area contributed by atoms with Crippen LogP contribution in [-0.2, 0) is 7.05 Å². The minimum Gasteiger partial charge on any atom is -0.318 e. The van der Waals surface area contributed by atoms with Gasteiger partial charge in [-0.3, -0.25) is 4.79 Å². The zero-order valence-electron chi connectivity index (χ0n) is 5.89. The van der Waals surface area contributed by atoms with E-state index in [1.165, 1.54) is 0 Å². The second-order valence-electron chi connectivity index (χ2n) is 2.26. The van der Waals surface area contributed by atoms with Crippen LogP contribution in [-0.4, -0.2) is 12.4 Å². The Bertz CT molecular complexity index is 281. The second-order valence-corrected chi connectivity index (χ2v) is 3.17. The molecule has 0 aliphatic carbocycles. The van der Waals surface area contributed by atoms with Crippen LogP contribution in [0.25, 0.3) is 0 Å². The summed E-state index contributed by atoms with van der Waals surface area (Å²) in [6, 6.07) is 1.81. The third-order valence-corrected chi connectivity index (χ3v) is 1.76. The third-order valence-electron chi connectivity index (χ3n) is 1.33. The minimum atomic E-state index is 0.0585. The lowest BCUT2D eigenvalue weighted by molar-refractivity contribution is 0.863. The first-order valence-electron chi connectivity index (χ1n) is 2.94. The molecular formula is C6H7BBrNO. The highest BCUT2D eigenvalue weighted by molar-refractivity contribution is 9.10. The Morgan fingerprint density at radius 1 is 1.70 bits per heavy atom. The van der Waals surface area contributed by atoms with Crippen molar-refractivity contribution in [3.8, 4) is 0 Å². The molecule has 1 rings (SSSR count). The second kappa shape index (κ2) is 2.62. The molecule has 52 valence electrons. The molecule has 4 heteroatoms. The van der Waals surface area contributed by atoms with Gasteiger partial charge in [0.15, 0.2) is 0 Å². The van der Waals surface area contributed by atoms with Gasteiger partial charge in [-0.25, -0.2) is 0 Å². The van der Waals surface area contributed by atoms with Crippen LogP contribution >= 0.6 is 15.9 Å². The van der Waals surface area contributed by atoms with E-state index >= 15 is 0 Å². The fourth-order valence-electron chi connectivity index (χ4n) is 0.828. The number of hydrogen-bond acceptors (Lipinski definition) is 1. The van der Waals surface area contributed by atoms with Gasteiger partial charge in [-0.2, -0.15) is 0 Å². The van der Waals surface area contributed by atoms with Crippen molar-refractivity contribution in [2.75, 3.05) is 0 Å². The van der Waals surface area contributed by atoms with Gasteiger partial charge < -0.3 is 4.57 Å². The first-order chi connectivity index (χ1) is 4.61. The van der Waals surface area contributed by atoms with Crippen LogP contribution in [0.2, 0.25) is 0 Å². The molecule has 0 saturated carbocycles. The SMILES string of the molecule is Bc1cc(Br)cn(C)c1=O. The van der Waals surface area contributed by atoms with Crippen molar-refractivity contribution in [3.63, 3.8) is 0 Å². The first-order valence-corrected chi connectivity index (χ1v) is 3.73. The van der Waals surface area contributed by atoms with E-state index in [-0.39, 0.29) is 5.56 Å². The van der Waals surface area contributed by atoms with Gasteiger partial charge in [0.25, 0.3) is 0 Å². The summed E-state index contributed by atoms with van der Waals surface area (Å²) in [5, 5.41) is 0. The Morgan fingerprint density at radius 2 is 2.30 bits per heavy atom. The van der Waals surface area contributed by atoms with Gasteiger partial charge in [-0.15, -0.1) is 0 Å². The quantitative estimate of drug-likeness (QED) is 0.512. The van der Waals surface area contributed by atoms with Crippen molar-refractivity contribution in [2.45, 2.75) is 0 Å². The number of nitrogens with zero attached hydrogens (tertiary/aromatic N) is 1. The Hall–Kier alpha value is -0.505. The van der Waals surface area contributed by atoms with Gasteiger partial charge in [-0.05, 0) is 27.5 Å². The fraction of sp³-hybridized carbons (Fsp3) is 0.167. The molecule has 1 aromatic rings. The molecule has 0 aromatic carbocycles. The Morgan fingerprint density at radius 3 is 2.80 bits per heavy atom. The number of rotatable bonds is 0. The largest absolute Gasteiger partial charge is 0.318 e. The molecule has 0 atom stereocenters. The summed E-state index contributed by atoms with van der Waals surface area (Å²) in [7, 11) is 3.53. The van der Waals surface area contributed by atoms with Gasteiger partial charge in [0, 0.05) is 17.7 Å².